The van der Waals surface area contributed by atoms with E-state index < -0.39 is 34.2 Å². The number of benzene rings is 4. The van der Waals surface area contributed by atoms with Gasteiger partial charge in [0.2, 0.25) is 0 Å². The molecule has 13 heteroatoms. The number of nitrogens with one attached hydrogen (secondary N) is 2. The Kier molecular flexibility index (Phi) is 10.7. The Morgan fingerprint density at radius 2 is 1.53 bits per heavy atom. The summed E-state index contributed by atoms with van der Waals surface area (Å²) in [5.74, 6) is -0.500. The van der Waals surface area contributed by atoms with Crippen molar-refractivity contribution in [2.75, 3.05) is 37.0 Å². The molecule has 45 heavy (non-hydrogen) atoms. The molecule has 0 radical (unpaired) electrons. The van der Waals surface area contributed by atoms with Crippen LogP contribution in [0.25, 0.3) is 0 Å². The van der Waals surface area contributed by atoms with Gasteiger partial charge in [0.05, 0.1) is 31.0 Å². The number of amides is 2. The highest BCUT2D eigenvalue weighted by Gasteiger charge is 2.28. The highest BCUT2D eigenvalue weighted by Crippen LogP contribution is 2.32. The first-order valence-corrected chi connectivity index (χ1v) is 14.9. The summed E-state index contributed by atoms with van der Waals surface area (Å²) in [4.78, 5) is 24.9. The number of rotatable bonds is 13. The van der Waals surface area contributed by atoms with Gasteiger partial charge in [-0.1, -0.05) is 17.7 Å². The number of aryl methyl sites for hydroxylation is 1. The van der Waals surface area contributed by atoms with Crippen molar-refractivity contribution in [3.8, 4) is 17.2 Å². The van der Waals surface area contributed by atoms with Crippen LogP contribution in [0.4, 0.5) is 15.8 Å². The Morgan fingerprint density at radius 1 is 0.867 bits per heavy atom. The van der Waals surface area contributed by atoms with E-state index in [1.807, 2.05) is 6.92 Å². The van der Waals surface area contributed by atoms with Crippen molar-refractivity contribution in [3.63, 3.8) is 0 Å². The third kappa shape index (κ3) is 8.80. The molecule has 0 aliphatic rings. The van der Waals surface area contributed by atoms with Gasteiger partial charge in [0.15, 0.2) is 18.1 Å². The van der Waals surface area contributed by atoms with Crippen LogP contribution in [0.5, 0.6) is 17.2 Å². The number of carbonyl (C=O) groups excluding carboxylic acids is 2. The lowest BCUT2D eigenvalue weighted by Gasteiger charge is -2.24. The second kappa shape index (κ2) is 14.8. The first-order chi connectivity index (χ1) is 21.6. The lowest BCUT2D eigenvalue weighted by Crippen LogP contribution is -2.39. The smallest absolute Gasteiger partial charge is 0.264 e. The number of nitrogens with zero attached hydrogens (tertiary/aromatic N) is 2. The van der Waals surface area contributed by atoms with Crippen LogP contribution < -0.4 is 29.3 Å². The fourth-order valence-electron chi connectivity index (χ4n) is 4.00. The summed E-state index contributed by atoms with van der Waals surface area (Å²) in [5.41, 5.74) is 4.61. The van der Waals surface area contributed by atoms with E-state index >= 15 is 0 Å². The molecule has 4 aromatic carbocycles. The molecular weight excluding hydrogens is 603 g/mol. The van der Waals surface area contributed by atoms with Crippen LogP contribution in [0.3, 0.4) is 0 Å². The molecule has 0 saturated heterocycles. The van der Waals surface area contributed by atoms with Gasteiger partial charge in [0.1, 0.15) is 18.1 Å². The van der Waals surface area contributed by atoms with E-state index in [9.17, 15) is 22.4 Å². The zero-order valence-corrected chi connectivity index (χ0v) is 25.5. The molecule has 0 unspecified atom stereocenters. The molecule has 0 heterocycles. The zero-order chi connectivity index (χ0) is 32.4. The Morgan fingerprint density at radius 3 is 2.18 bits per heavy atom. The highest BCUT2D eigenvalue weighted by atomic mass is 32.2. The van der Waals surface area contributed by atoms with Crippen molar-refractivity contribution >= 4 is 39.4 Å². The largest absolute Gasteiger partial charge is 0.493 e. The number of halogens is 1. The van der Waals surface area contributed by atoms with E-state index in [1.165, 1.54) is 62.9 Å². The minimum absolute atomic E-state index is 0.0905. The SMILES string of the molecule is COc1ccc(S(=O)(=O)N(CC(=O)N/N=C\c2ccc(OCC(=O)Nc3ccc(F)cc3)cc2)c2ccc(C)cc2)cc1OC. The van der Waals surface area contributed by atoms with Gasteiger partial charge < -0.3 is 19.5 Å². The Hall–Kier alpha value is -5.43. The topological polar surface area (TPSA) is 136 Å². The third-order valence-corrected chi connectivity index (χ3v) is 8.10. The molecule has 4 aromatic rings. The van der Waals surface area contributed by atoms with Gasteiger partial charge >= 0.3 is 0 Å². The van der Waals surface area contributed by atoms with Crippen molar-refractivity contribution in [2.45, 2.75) is 11.8 Å². The summed E-state index contributed by atoms with van der Waals surface area (Å²) >= 11 is 0. The number of hydrogen-bond acceptors (Lipinski definition) is 8. The minimum atomic E-state index is -4.21. The lowest BCUT2D eigenvalue weighted by molar-refractivity contribution is -0.119. The molecule has 0 saturated carbocycles. The van der Waals surface area contributed by atoms with E-state index in [4.69, 9.17) is 14.2 Å². The average molecular weight is 635 g/mol. The van der Waals surface area contributed by atoms with Crippen LogP contribution in [0.2, 0.25) is 0 Å². The normalized spacial score (nSPS) is 11.1. The molecule has 0 aliphatic carbocycles. The number of hydrazone groups is 1. The van der Waals surface area contributed by atoms with Crippen molar-refractivity contribution in [1.29, 1.82) is 0 Å². The minimum Gasteiger partial charge on any atom is -0.493 e. The van der Waals surface area contributed by atoms with Gasteiger partial charge in [-0.25, -0.2) is 18.2 Å². The van der Waals surface area contributed by atoms with Crippen molar-refractivity contribution in [3.05, 3.63) is 108 Å². The number of sulfonamides is 1. The van der Waals surface area contributed by atoms with Crippen LogP contribution in [-0.2, 0) is 19.6 Å². The molecule has 0 spiro atoms. The molecule has 2 N–H and O–H groups in total. The van der Waals surface area contributed by atoms with Crippen LogP contribution in [0, 0.1) is 12.7 Å². The van der Waals surface area contributed by atoms with Crippen LogP contribution in [0.15, 0.2) is 101 Å². The van der Waals surface area contributed by atoms with Crippen LogP contribution >= 0.6 is 0 Å². The number of anilines is 2. The van der Waals surface area contributed by atoms with Crippen LogP contribution in [-0.4, -0.2) is 53.8 Å². The summed E-state index contributed by atoms with van der Waals surface area (Å²) in [6.45, 7) is 1.05. The second-order valence-corrected chi connectivity index (χ2v) is 11.4. The number of ether oxygens (including phenoxy) is 3. The highest BCUT2D eigenvalue weighted by molar-refractivity contribution is 7.92. The maximum Gasteiger partial charge on any atom is 0.264 e. The summed E-state index contributed by atoms with van der Waals surface area (Å²) < 4.78 is 57.4. The molecule has 2 amide bonds. The molecule has 0 fully saturated rings. The van der Waals surface area contributed by atoms with Gasteiger partial charge in [0.25, 0.3) is 21.8 Å². The van der Waals surface area contributed by atoms with E-state index in [0.29, 0.717) is 22.7 Å². The van der Waals surface area contributed by atoms with Gasteiger partial charge in [0, 0.05) is 11.8 Å². The Bertz CT molecular complexity index is 1760. The number of hydrogen-bond donors (Lipinski definition) is 2. The zero-order valence-electron chi connectivity index (χ0n) is 24.7. The predicted octanol–water partition coefficient (Wildman–Crippen LogP) is 4.51. The molecule has 234 valence electrons. The molecular formula is C32H31FN4O7S. The maximum absolute atomic E-state index is 13.7. The molecule has 11 nitrogen and oxygen atoms in total. The molecule has 4 rings (SSSR count). The second-order valence-electron chi connectivity index (χ2n) is 9.57. The monoisotopic (exact) mass is 634 g/mol. The number of carbonyl (C=O) groups is 2. The predicted molar refractivity (Wildman–Crippen MR) is 168 cm³/mol. The summed E-state index contributed by atoms with van der Waals surface area (Å²) in [5, 5.41) is 6.55. The third-order valence-electron chi connectivity index (χ3n) is 6.33. The van der Waals surface area contributed by atoms with Gasteiger partial charge in [-0.05, 0) is 85.3 Å². The Labute approximate surface area is 260 Å². The molecule has 0 atom stereocenters. The quantitative estimate of drug-likeness (QED) is 0.163. The lowest BCUT2D eigenvalue weighted by atomic mass is 10.2. The van der Waals surface area contributed by atoms with Gasteiger partial charge in [-0.2, -0.15) is 5.10 Å². The molecule has 0 aromatic heterocycles. The van der Waals surface area contributed by atoms with E-state index in [-0.39, 0.29) is 22.9 Å². The van der Waals surface area contributed by atoms with Crippen LogP contribution in [0.1, 0.15) is 11.1 Å². The van der Waals surface area contributed by atoms with Gasteiger partial charge in [-0.15, -0.1) is 0 Å². The fraction of sp³-hybridized carbons (Fsp3) is 0.156. The average Bonchev–Trinajstić information content (AvgIpc) is 3.04. The summed E-state index contributed by atoms with van der Waals surface area (Å²) in [7, 11) is -1.37. The fourth-order valence-corrected chi connectivity index (χ4v) is 5.44. The van der Waals surface area contributed by atoms with E-state index in [0.717, 1.165) is 9.87 Å². The van der Waals surface area contributed by atoms with Crippen molar-refractivity contribution in [2.24, 2.45) is 5.10 Å². The first-order valence-electron chi connectivity index (χ1n) is 13.5. The standard InChI is InChI=1S/C32H31FN4O7S/c1-22-4-12-26(13-5-22)37(45(40,41)28-16-17-29(42-2)30(18-28)43-3)20-31(38)36-34-19-23-6-14-27(15-7-23)44-21-32(39)35-25-10-8-24(33)9-11-25/h4-19H,20-21H2,1-3H3,(H,35,39)(H,36,38)/b34-19-. The summed E-state index contributed by atoms with van der Waals surface area (Å²) in [6.07, 6.45) is 1.38. The van der Waals surface area contributed by atoms with E-state index in [2.05, 4.69) is 15.8 Å². The number of methoxy groups -OCH3 is 2. The summed E-state index contributed by atoms with van der Waals surface area (Å²) in [6, 6.07) is 22.8. The Balaban J connectivity index is 1.38. The first kappa shape index (κ1) is 32.5. The van der Waals surface area contributed by atoms with Gasteiger partial charge in [-0.3, -0.25) is 13.9 Å². The van der Waals surface area contributed by atoms with Crippen molar-refractivity contribution in [1.82, 2.24) is 5.43 Å². The van der Waals surface area contributed by atoms with Crippen molar-refractivity contribution < 1.29 is 36.6 Å². The van der Waals surface area contributed by atoms with E-state index in [1.54, 1.807) is 48.5 Å². The molecule has 0 bridgehead atoms. The maximum atomic E-state index is 13.7. The molecule has 0 aliphatic heterocycles.